The predicted molar refractivity (Wildman–Crippen MR) is 51.1 cm³/mol. The fourth-order valence-electron chi connectivity index (χ4n) is 0.920. The third-order valence-electron chi connectivity index (χ3n) is 1.55. The summed E-state index contributed by atoms with van der Waals surface area (Å²) in [4.78, 5) is 0. The van der Waals surface area contributed by atoms with Gasteiger partial charge in [-0.1, -0.05) is 48.1 Å². The van der Waals surface area contributed by atoms with Crippen molar-refractivity contribution >= 4 is 8.58 Å². The van der Waals surface area contributed by atoms with Crippen molar-refractivity contribution in [2.24, 2.45) is 0 Å². The highest BCUT2D eigenvalue weighted by atomic mass is 31.1. The van der Waals surface area contributed by atoms with Crippen LogP contribution in [0.25, 0.3) is 0 Å². The Kier molecular flexibility index (Phi) is 9.84. The lowest BCUT2D eigenvalue weighted by Gasteiger charge is -1.97. The lowest BCUT2D eigenvalue weighted by molar-refractivity contribution is 0.705. The van der Waals surface area contributed by atoms with Crippen LogP contribution in [-0.4, -0.2) is 12.3 Å². The van der Waals surface area contributed by atoms with Crippen molar-refractivity contribution in [3.8, 4) is 0 Å². The van der Waals surface area contributed by atoms with Gasteiger partial charge < -0.3 is 0 Å². The SMILES string of the molecule is CCCCCC[P]CCC. The Labute approximate surface area is 67.6 Å². The van der Waals surface area contributed by atoms with E-state index < -0.39 is 0 Å². The second kappa shape index (κ2) is 9.43. The first kappa shape index (κ1) is 10.4. The highest BCUT2D eigenvalue weighted by molar-refractivity contribution is 7.37. The first-order valence-electron chi connectivity index (χ1n) is 4.55. The van der Waals surface area contributed by atoms with Gasteiger partial charge in [-0.15, -0.1) is 0 Å². The minimum atomic E-state index is 1.36. The molecule has 0 spiro atoms. The zero-order chi connectivity index (χ0) is 7.66. The van der Waals surface area contributed by atoms with E-state index in [4.69, 9.17) is 0 Å². The zero-order valence-electron chi connectivity index (χ0n) is 7.40. The molecule has 0 unspecified atom stereocenters. The quantitative estimate of drug-likeness (QED) is 0.390. The molecule has 0 N–H and O–H groups in total. The second-order valence-electron chi connectivity index (χ2n) is 2.73. The molecule has 0 fully saturated rings. The number of unbranched alkanes of at least 4 members (excludes halogenated alkanes) is 3. The molecule has 1 heteroatoms. The van der Waals surface area contributed by atoms with Crippen LogP contribution in [0.4, 0.5) is 0 Å². The monoisotopic (exact) mass is 159 g/mol. The van der Waals surface area contributed by atoms with E-state index in [1.165, 1.54) is 44.4 Å². The van der Waals surface area contributed by atoms with E-state index in [0.717, 1.165) is 0 Å². The summed E-state index contributed by atoms with van der Waals surface area (Å²) in [6.45, 7) is 4.53. The van der Waals surface area contributed by atoms with Gasteiger partial charge in [-0.05, 0) is 18.7 Å². The van der Waals surface area contributed by atoms with Crippen LogP contribution >= 0.6 is 8.58 Å². The molecular formula is C9H20P. The summed E-state index contributed by atoms with van der Waals surface area (Å²) < 4.78 is 0. The fraction of sp³-hybridized carbons (Fsp3) is 1.00. The first-order chi connectivity index (χ1) is 4.91. The molecule has 0 aromatic heterocycles. The minimum Gasteiger partial charge on any atom is -0.0810 e. The van der Waals surface area contributed by atoms with Crippen molar-refractivity contribution < 1.29 is 0 Å². The standard InChI is InChI=1S/C9H20P/c1-3-5-6-7-9-10-8-4-2/h3-9H2,1-2H3. The molecule has 0 atom stereocenters. The van der Waals surface area contributed by atoms with Gasteiger partial charge >= 0.3 is 0 Å². The Hall–Kier alpha value is 0.430. The molecule has 61 valence electrons. The maximum Gasteiger partial charge on any atom is -0.0287 e. The van der Waals surface area contributed by atoms with Gasteiger partial charge in [0.05, 0.1) is 0 Å². The third kappa shape index (κ3) is 8.43. The van der Waals surface area contributed by atoms with Crippen molar-refractivity contribution in [1.29, 1.82) is 0 Å². The molecule has 1 radical (unpaired) electrons. The highest BCUT2D eigenvalue weighted by Gasteiger charge is 1.87. The van der Waals surface area contributed by atoms with Gasteiger partial charge in [-0.25, -0.2) is 0 Å². The summed E-state index contributed by atoms with van der Waals surface area (Å²) in [5, 5.41) is 0. The normalized spacial score (nSPS) is 11.4. The fourth-order valence-corrected chi connectivity index (χ4v) is 1.91. The van der Waals surface area contributed by atoms with Gasteiger partial charge in [-0.2, -0.15) is 0 Å². The molecule has 0 aliphatic rings. The lowest BCUT2D eigenvalue weighted by Crippen LogP contribution is -1.80. The summed E-state index contributed by atoms with van der Waals surface area (Å²) in [6.07, 6.45) is 9.91. The molecule has 0 amide bonds. The molecule has 10 heavy (non-hydrogen) atoms. The van der Waals surface area contributed by atoms with Gasteiger partial charge in [0.2, 0.25) is 0 Å². The minimum absolute atomic E-state index is 1.36. The van der Waals surface area contributed by atoms with Crippen molar-refractivity contribution in [2.45, 2.75) is 46.0 Å². The molecule has 0 aliphatic heterocycles. The topological polar surface area (TPSA) is 0 Å². The van der Waals surface area contributed by atoms with Gasteiger partial charge in [0.1, 0.15) is 0 Å². The molecule has 0 nitrogen and oxygen atoms in total. The predicted octanol–water partition coefficient (Wildman–Crippen LogP) is 3.92. The Morgan fingerprint density at radius 3 is 2.20 bits per heavy atom. The van der Waals surface area contributed by atoms with Crippen molar-refractivity contribution in [1.82, 2.24) is 0 Å². The van der Waals surface area contributed by atoms with Gasteiger partial charge in [0.15, 0.2) is 0 Å². The first-order valence-corrected chi connectivity index (χ1v) is 5.81. The van der Waals surface area contributed by atoms with Gasteiger partial charge in [0.25, 0.3) is 0 Å². The Balaban J connectivity index is 2.65. The average molecular weight is 159 g/mol. The summed E-state index contributed by atoms with van der Waals surface area (Å²) in [5.41, 5.74) is 0. The van der Waals surface area contributed by atoms with Crippen LogP contribution in [0.5, 0.6) is 0 Å². The Morgan fingerprint density at radius 2 is 1.60 bits per heavy atom. The van der Waals surface area contributed by atoms with E-state index >= 15 is 0 Å². The maximum atomic E-state index is 2.27. The van der Waals surface area contributed by atoms with Gasteiger partial charge in [0, 0.05) is 0 Å². The second-order valence-corrected chi connectivity index (χ2v) is 4.07. The lowest BCUT2D eigenvalue weighted by atomic mass is 10.2. The summed E-state index contributed by atoms with van der Waals surface area (Å²) in [6, 6.07) is 0. The van der Waals surface area contributed by atoms with E-state index in [1.807, 2.05) is 0 Å². The Morgan fingerprint density at radius 1 is 0.800 bits per heavy atom. The molecule has 0 aromatic carbocycles. The van der Waals surface area contributed by atoms with Crippen LogP contribution in [-0.2, 0) is 0 Å². The molecule has 0 rings (SSSR count). The van der Waals surface area contributed by atoms with E-state index in [9.17, 15) is 0 Å². The Bertz CT molecular complexity index is 44.7. The van der Waals surface area contributed by atoms with E-state index in [-0.39, 0.29) is 0 Å². The number of hydrogen-bond acceptors (Lipinski definition) is 0. The maximum absolute atomic E-state index is 2.27. The van der Waals surface area contributed by atoms with Crippen LogP contribution in [0.1, 0.15) is 46.0 Å². The summed E-state index contributed by atoms with van der Waals surface area (Å²) in [5.74, 6) is 0. The number of rotatable bonds is 7. The highest BCUT2D eigenvalue weighted by Crippen LogP contribution is 2.14. The zero-order valence-corrected chi connectivity index (χ0v) is 8.29. The van der Waals surface area contributed by atoms with Crippen LogP contribution < -0.4 is 0 Å². The van der Waals surface area contributed by atoms with Gasteiger partial charge in [-0.3, -0.25) is 0 Å². The molecule has 0 bridgehead atoms. The van der Waals surface area contributed by atoms with Crippen LogP contribution in [0, 0.1) is 0 Å². The van der Waals surface area contributed by atoms with E-state index in [2.05, 4.69) is 13.8 Å². The summed E-state index contributed by atoms with van der Waals surface area (Å²) >= 11 is 0. The molecule has 0 aromatic rings. The summed E-state index contributed by atoms with van der Waals surface area (Å²) in [7, 11) is 1.67. The third-order valence-corrected chi connectivity index (χ3v) is 2.95. The molecule has 0 saturated heterocycles. The molecular weight excluding hydrogens is 139 g/mol. The van der Waals surface area contributed by atoms with E-state index in [1.54, 1.807) is 8.58 Å². The van der Waals surface area contributed by atoms with Crippen LogP contribution in [0.2, 0.25) is 0 Å². The molecule has 0 heterocycles. The smallest absolute Gasteiger partial charge is 0.0287 e. The van der Waals surface area contributed by atoms with Crippen LogP contribution in [0.15, 0.2) is 0 Å². The van der Waals surface area contributed by atoms with Crippen LogP contribution in [0.3, 0.4) is 0 Å². The largest absolute Gasteiger partial charge is 0.0810 e. The van der Waals surface area contributed by atoms with E-state index in [0.29, 0.717) is 0 Å². The van der Waals surface area contributed by atoms with Crippen molar-refractivity contribution in [2.75, 3.05) is 12.3 Å². The van der Waals surface area contributed by atoms with Crippen molar-refractivity contribution in [3.63, 3.8) is 0 Å². The molecule has 0 saturated carbocycles. The average Bonchev–Trinajstić information content (AvgIpc) is 1.97. The number of hydrogen-bond donors (Lipinski definition) is 0. The van der Waals surface area contributed by atoms with Crippen molar-refractivity contribution in [3.05, 3.63) is 0 Å². The molecule has 0 aliphatic carbocycles.